The molecule has 0 saturated carbocycles. The molecule has 0 aliphatic carbocycles. The molecule has 3 rings (SSSR count). The third kappa shape index (κ3) is 6.08. The van der Waals surface area contributed by atoms with Crippen molar-refractivity contribution in [2.75, 3.05) is 39.8 Å². The van der Waals surface area contributed by atoms with E-state index in [4.69, 9.17) is 4.74 Å². The number of amides is 2. The van der Waals surface area contributed by atoms with Crippen LogP contribution >= 0.6 is 0 Å². The predicted molar refractivity (Wildman–Crippen MR) is 137 cm³/mol. The average molecular weight is 452 g/mol. The standard InChI is InChI=1S/C28H41N3O2/c1-7-9-11-21(3)19-29-13-10-12-25-18-23(5)27-24(16-22(4)17-26(27)33-6)20-31(25)28(32)30(8-2)15-14-29/h7,9,11,16-18,23H,8,10,12-15,19-20H2,1-6H3/b9-7-,21-11+. The van der Waals surface area contributed by atoms with Gasteiger partial charge in [-0.05, 0) is 64.3 Å². The Morgan fingerprint density at radius 2 is 2.03 bits per heavy atom. The minimum Gasteiger partial charge on any atom is -0.496 e. The van der Waals surface area contributed by atoms with Gasteiger partial charge < -0.3 is 9.64 Å². The van der Waals surface area contributed by atoms with Crippen molar-refractivity contribution in [3.8, 4) is 5.75 Å². The van der Waals surface area contributed by atoms with Crippen molar-refractivity contribution in [2.24, 2.45) is 0 Å². The van der Waals surface area contributed by atoms with E-state index in [9.17, 15) is 4.79 Å². The highest BCUT2D eigenvalue weighted by Gasteiger charge is 2.30. The maximum absolute atomic E-state index is 13.7. The second kappa shape index (κ2) is 11.6. The molecule has 0 aromatic heterocycles. The SMILES string of the molecule is C/C=C\C=C(/C)CN1CCCC2=CC(C)c3c(cc(C)cc3OC)CN2C(=O)N(CC)CC1. The van der Waals surface area contributed by atoms with Gasteiger partial charge in [-0.2, -0.15) is 0 Å². The molecule has 1 aromatic rings. The molecule has 2 aliphatic heterocycles. The number of ether oxygens (including phenoxy) is 1. The lowest BCUT2D eigenvalue weighted by Crippen LogP contribution is -2.46. The first-order valence-corrected chi connectivity index (χ1v) is 12.3. The molecule has 1 saturated heterocycles. The molecular formula is C28H41N3O2. The number of hydrogen-bond acceptors (Lipinski definition) is 3. The van der Waals surface area contributed by atoms with Gasteiger partial charge in [-0.15, -0.1) is 0 Å². The Kier molecular flexibility index (Phi) is 8.79. The molecule has 1 unspecified atom stereocenters. The number of likely N-dealkylation sites (N-methyl/N-ethyl adjacent to an activating group) is 1. The minimum atomic E-state index is 0.118. The third-order valence-electron chi connectivity index (χ3n) is 6.69. The summed E-state index contributed by atoms with van der Waals surface area (Å²) in [5, 5.41) is 0. The van der Waals surface area contributed by atoms with Crippen LogP contribution in [0.25, 0.3) is 0 Å². The van der Waals surface area contributed by atoms with E-state index in [0.717, 1.165) is 50.5 Å². The van der Waals surface area contributed by atoms with Crippen LogP contribution in [0.5, 0.6) is 5.75 Å². The van der Waals surface area contributed by atoms with Crippen LogP contribution in [0.15, 0.2) is 47.7 Å². The van der Waals surface area contributed by atoms with Crippen LogP contribution in [0.4, 0.5) is 4.79 Å². The highest BCUT2D eigenvalue weighted by Crippen LogP contribution is 2.38. The first-order valence-electron chi connectivity index (χ1n) is 12.3. The molecule has 1 atom stereocenters. The Bertz CT molecular complexity index is 931. The highest BCUT2D eigenvalue weighted by atomic mass is 16.5. The van der Waals surface area contributed by atoms with E-state index in [1.165, 1.54) is 22.3 Å². The van der Waals surface area contributed by atoms with Crippen LogP contribution in [0.2, 0.25) is 0 Å². The van der Waals surface area contributed by atoms with Crippen molar-refractivity contribution in [3.05, 3.63) is 64.4 Å². The first kappa shape index (κ1) is 25.1. The summed E-state index contributed by atoms with van der Waals surface area (Å²) in [4.78, 5) is 20.3. The Hall–Kier alpha value is -2.53. The number of carbonyl (C=O) groups is 1. The summed E-state index contributed by atoms with van der Waals surface area (Å²) in [7, 11) is 1.74. The molecule has 5 nitrogen and oxygen atoms in total. The van der Waals surface area contributed by atoms with Gasteiger partial charge in [0.2, 0.25) is 0 Å². The average Bonchev–Trinajstić information content (AvgIpc) is 2.92. The van der Waals surface area contributed by atoms with Gasteiger partial charge in [0.05, 0.1) is 13.7 Å². The third-order valence-corrected chi connectivity index (χ3v) is 6.69. The monoisotopic (exact) mass is 451 g/mol. The summed E-state index contributed by atoms with van der Waals surface area (Å²) in [5.41, 5.74) is 6.06. The molecule has 2 amide bonds. The molecule has 5 heteroatoms. The maximum atomic E-state index is 13.7. The van der Waals surface area contributed by atoms with E-state index in [1.807, 2.05) is 16.7 Å². The molecule has 0 bridgehead atoms. The topological polar surface area (TPSA) is 36.0 Å². The van der Waals surface area contributed by atoms with Gasteiger partial charge >= 0.3 is 6.03 Å². The maximum Gasteiger partial charge on any atom is 0.324 e. The van der Waals surface area contributed by atoms with Crippen molar-refractivity contribution in [3.63, 3.8) is 0 Å². The van der Waals surface area contributed by atoms with Crippen LogP contribution in [-0.2, 0) is 6.54 Å². The molecule has 180 valence electrons. The van der Waals surface area contributed by atoms with Gasteiger partial charge in [-0.1, -0.05) is 42.9 Å². The van der Waals surface area contributed by atoms with Gasteiger partial charge in [0, 0.05) is 43.4 Å². The summed E-state index contributed by atoms with van der Waals surface area (Å²) in [5.74, 6) is 1.12. The van der Waals surface area contributed by atoms with Crippen LogP contribution in [0.1, 0.15) is 63.1 Å². The summed E-state index contributed by atoms with van der Waals surface area (Å²) in [6.07, 6.45) is 10.6. The Balaban J connectivity index is 1.91. The van der Waals surface area contributed by atoms with Crippen molar-refractivity contribution in [1.29, 1.82) is 0 Å². The molecule has 2 aliphatic rings. The summed E-state index contributed by atoms with van der Waals surface area (Å²) in [6.45, 7) is 15.5. The number of urea groups is 1. The van der Waals surface area contributed by atoms with E-state index in [0.29, 0.717) is 13.1 Å². The number of nitrogens with zero attached hydrogens (tertiary/aromatic N) is 3. The fraction of sp³-hybridized carbons (Fsp3) is 0.536. The number of benzene rings is 1. The predicted octanol–water partition coefficient (Wildman–Crippen LogP) is 5.87. The fourth-order valence-corrected chi connectivity index (χ4v) is 5.04. The molecule has 0 N–H and O–H groups in total. The van der Waals surface area contributed by atoms with Crippen LogP contribution in [-0.4, -0.2) is 60.6 Å². The molecule has 33 heavy (non-hydrogen) atoms. The van der Waals surface area contributed by atoms with Gasteiger partial charge in [0.1, 0.15) is 5.75 Å². The molecule has 1 fully saturated rings. The first-order chi connectivity index (χ1) is 15.9. The Morgan fingerprint density at radius 1 is 1.24 bits per heavy atom. The number of hydrogen-bond donors (Lipinski definition) is 0. The van der Waals surface area contributed by atoms with Crippen molar-refractivity contribution in [2.45, 2.75) is 59.9 Å². The quantitative estimate of drug-likeness (QED) is 0.526. The lowest BCUT2D eigenvalue weighted by atomic mass is 9.93. The zero-order valence-corrected chi connectivity index (χ0v) is 21.4. The summed E-state index contributed by atoms with van der Waals surface area (Å²) >= 11 is 0. The van der Waals surface area contributed by atoms with Crippen LogP contribution < -0.4 is 4.74 Å². The zero-order valence-electron chi connectivity index (χ0n) is 21.4. The van der Waals surface area contributed by atoms with Crippen LogP contribution in [0, 0.1) is 6.92 Å². The molecule has 2 heterocycles. The van der Waals surface area contributed by atoms with E-state index < -0.39 is 0 Å². The minimum absolute atomic E-state index is 0.118. The number of methoxy groups -OCH3 is 1. The number of aryl methyl sites for hydroxylation is 1. The van der Waals surface area contributed by atoms with E-state index in [2.05, 4.69) is 69.0 Å². The van der Waals surface area contributed by atoms with Crippen molar-refractivity contribution >= 4 is 6.03 Å². The van der Waals surface area contributed by atoms with Crippen molar-refractivity contribution in [1.82, 2.24) is 14.7 Å². The normalized spacial score (nSPS) is 20.9. The Morgan fingerprint density at radius 3 is 2.73 bits per heavy atom. The Labute approximate surface area is 200 Å². The molecular weight excluding hydrogens is 410 g/mol. The highest BCUT2D eigenvalue weighted by molar-refractivity contribution is 5.77. The van der Waals surface area contributed by atoms with Gasteiger partial charge in [0.25, 0.3) is 0 Å². The van der Waals surface area contributed by atoms with E-state index in [-0.39, 0.29) is 11.9 Å². The zero-order chi connectivity index (χ0) is 24.0. The number of carbonyl (C=O) groups excluding carboxylic acids is 1. The lowest BCUT2D eigenvalue weighted by molar-refractivity contribution is 0.150. The second-order valence-electron chi connectivity index (χ2n) is 9.35. The molecule has 0 radical (unpaired) electrons. The molecule has 0 spiro atoms. The number of allylic oxidation sites excluding steroid dienone is 5. The lowest BCUT2D eigenvalue weighted by Gasteiger charge is -2.35. The number of fused-ring (bicyclic) bond motifs is 2. The van der Waals surface area contributed by atoms with Gasteiger partial charge in [-0.3, -0.25) is 9.80 Å². The molecule has 1 aromatic carbocycles. The fourth-order valence-electron chi connectivity index (χ4n) is 5.04. The summed E-state index contributed by atoms with van der Waals surface area (Å²) < 4.78 is 5.75. The van der Waals surface area contributed by atoms with Gasteiger partial charge in [-0.25, -0.2) is 4.79 Å². The number of rotatable bonds is 5. The van der Waals surface area contributed by atoms with Crippen molar-refractivity contribution < 1.29 is 9.53 Å². The smallest absolute Gasteiger partial charge is 0.324 e. The van der Waals surface area contributed by atoms with Crippen LogP contribution in [0.3, 0.4) is 0 Å². The van der Waals surface area contributed by atoms with Gasteiger partial charge in [0.15, 0.2) is 0 Å². The largest absolute Gasteiger partial charge is 0.496 e. The summed E-state index contributed by atoms with van der Waals surface area (Å²) in [6, 6.07) is 4.44. The van der Waals surface area contributed by atoms with E-state index in [1.54, 1.807) is 7.11 Å². The second-order valence-corrected chi connectivity index (χ2v) is 9.35. The van der Waals surface area contributed by atoms with E-state index >= 15 is 0 Å².